The second kappa shape index (κ2) is 9.28. The molecule has 0 saturated carbocycles. The number of esters is 1. The number of benzene rings is 2. The van der Waals surface area contributed by atoms with Crippen LogP contribution in [0.2, 0.25) is 0 Å². The highest BCUT2D eigenvalue weighted by molar-refractivity contribution is 6.05. The molecule has 0 spiro atoms. The number of nitrogens with zero attached hydrogens (tertiary/aromatic N) is 1. The van der Waals surface area contributed by atoms with Crippen molar-refractivity contribution in [2.24, 2.45) is 0 Å². The third-order valence-electron chi connectivity index (χ3n) is 4.68. The molecular formula is C23H26N2O4. The first kappa shape index (κ1) is 20.5. The number of ether oxygens (including phenoxy) is 3. The van der Waals surface area contributed by atoms with Crippen molar-refractivity contribution >= 4 is 22.6 Å². The first-order valence-electron chi connectivity index (χ1n) is 9.58. The van der Waals surface area contributed by atoms with Crippen LogP contribution in [0.25, 0.3) is 10.9 Å². The van der Waals surface area contributed by atoms with Crippen LogP contribution in [0.15, 0.2) is 42.6 Å². The fraction of sp³-hybridized carbons (Fsp3) is 0.304. The number of hydrogen-bond donors (Lipinski definition) is 1. The second-order valence-corrected chi connectivity index (χ2v) is 6.65. The minimum atomic E-state index is -0.378. The molecule has 0 atom stereocenters. The number of fused-ring (bicyclic) bond motifs is 1. The van der Waals surface area contributed by atoms with Crippen LogP contribution in [-0.4, -0.2) is 38.3 Å². The number of rotatable bonds is 8. The average Bonchev–Trinajstić information content (AvgIpc) is 2.73. The van der Waals surface area contributed by atoms with E-state index < -0.39 is 0 Å². The number of anilines is 1. The van der Waals surface area contributed by atoms with Crippen LogP contribution >= 0.6 is 0 Å². The number of hydrogen-bond acceptors (Lipinski definition) is 6. The van der Waals surface area contributed by atoms with Crippen molar-refractivity contribution < 1.29 is 19.0 Å². The monoisotopic (exact) mass is 394 g/mol. The molecule has 3 rings (SSSR count). The van der Waals surface area contributed by atoms with Gasteiger partial charge in [-0.05, 0) is 50.1 Å². The quantitative estimate of drug-likeness (QED) is 0.572. The number of pyridine rings is 1. The van der Waals surface area contributed by atoms with Gasteiger partial charge in [-0.2, -0.15) is 0 Å². The van der Waals surface area contributed by atoms with Crippen molar-refractivity contribution in [1.82, 2.24) is 4.98 Å². The maximum atomic E-state index is 12.4. The number of methoxy groups -OCH3 is 2. The maximum Gasteiger partial charge on any atom is 0.341 e. The Balaban J connectivity index is 1.87. The Bertz CT molecular complexity index is 1020. The summed E-state index contributed by atoms with van der Waals surface area (Å²) in [6.45, 7) is 4.76. The molecule has 0 bridgehead atoms. The Kier molecular flexibility index (Phi) is 6.54. The Morgan fingerprint density at radius 1 is 1.07 bits per heavy atom. The van der Waals surface area contributed by atoms with Gasteiger partial charge in [-0.25, -0.2) is 4.79 Å². The fourth-order valence-electron chi connectivity index (χ4n) is 3.23. The summed E-state index contributed by atoms with van der Waals surface area (Å²) in [4.78, 5) is 16.9. The van der Waals surface area contributed by atoms with Gasteiger partial charge in [0.15, 0.2) is 11.5 Å². The Morgan fingerprint density at radius 2 is 1.86 bits per heavy atom. The number of carbonyl (C=O) groups is 1. The zero-order valence-electron chi connectivity index (χ0n) is 17.2. The Hall–Kier alpha value is -3.28. The van der Waals surface area contributed by atoms with Gasteiger partial charge in [0.05, 0.1) is 32.0 Å². The molecule has 6 heteroatoms. The predicted octanol–water partition coefficient (Wildman–Crippen LogP) is 4.39. The summed E-state index contributed by atoms with van der Waals surface area (Å²) in [5.74, 6) is 1.02. The van der Waals surface area contributed by atoms with E-state index in [-0.39, 0.29) is 5.97 Å². The predicted molar refractivity (Wildman–Crippen MR) is 114 cm³/mol. The molecule has 6 nitrogen and oxygen atoms in total. The molecule has 1 heterocycles. The molecule has 0 unspecified atom stereocenters. The molecule has 2 aromatic carbocycles. The van der Waals surface area contributed by atoms with E-state index in [1.54, 1.807) is 27.3 Å². The second-order valence-electron chi connectivity index (χ2n) is 6.65. The van der Waals surface area contributed by atoms with Gasteiger partial charge in [0.2, 0.25) is 0 Å². The van der Waals surface area contributed by atoms with Gasteiger partial charge in [-0.1, -0.05) is 17.7 Å². The maximum absolute atomic E-state index is 12.4. The van der Waals surface area contributed by atoms with Crippen LogP contribution in [-0.2, 0) is 11.2 Å². The van der Waals surface area contributed by atoms with Crippen molar-refractivity contribution in [2.75, 3.05) is 32.7 Å². The first-order chi connectivity index (χ1) is 14.1. The standard InChI is InChI=1S/C23H26N2O4/c1-5-29-23(26)18-14-25-19-8-6-15(2)12-17(19)22(18)24-11-10-16-7-9-20(27-3)21(13-16)28-4/h6-9,12-14H,5,10-11H2,1-4H3,(H,24,25). The lowest BCUT2D eigenvalue weighted by molar-refractivity contribution is 0.0527. The normalized spacial score (nSPS) is 10.6. The number of aromatic nitrogens is 1. The van der Waals surface area contributed by atoms with Crippen LogP contribution in [0.1, 0.15) is 28.4 Å². The molecule has 0 amide bonds. The highest BCUT2D eigenvalue weighted by Crippen LogP contribution is 2.29. The number of aryl methyl sites for hydroxylation is 1. The van der Waals surface area contributed by atoms with Gasteiger partial charge in [-0.3, -0.25) is 4.98 Å². The third kappa shape index (κ3) is 4.59. The highest BCUT2D eigenvalue weighted by Gasteiger charge is 2.16. The summed E-state index contributed by atoms with van der Waals surface area (Å²) in [6.07, 6.45) is 2.33. The Labute approximate surface area is 170 Å². The van der Waals surface area contributed by atoms with E-state index in [0.29, 0.717) is 30.2 Å². The van der Waals surface area contributed by atoms with Crippen molar-refractivity contribution in [3.63, 3.8) is 0 Å². The van der Waals surface area contributed by atoms with Gasteiger partial charge < -0.3 is 19.5 Å². The van der Waals surface area contributed by atoms with Crippen LogP contribution in [0.4, 0.5) is 5.69 Å². The minimum absolute atomic E-state index is 0.315. The number of nitrogens with one attached hydrogen (secondary N) is 1. The smallest absolute Gasteiger partial charge is 0.341 e. The molecule has 1 aromatic heterocycles. The molecular weight excluding hydrogens is 368 g/mol. The zero-order valence-corrected chi connectivity index (χ0v) is 17.2. The molecule has 0 aliphatic rings. The van der Waals surface area contributed by atoms with Crippen molar-refractivity contribution in [3.8, 4) is 11.5 Å². The van der Waals surface area contributed by atoms with E-state index >= 15 is 0 Å². The molecule has 152 valence electrons. The summed E-state index contributed by atoms with van der Waals surface area (Å²) >= 11 is 0. The minimum Gasteiger partial charge on any atom is -0.493 e. The van der Waals surface area contributed by atoms with Crippen LogP contribution in [0.3, 0.4) is 0 Å². The van der Waals surface area contributed by atoms with Gasteiger partial charge in [0.25, 0.3) is 0 Å². The lowest BCUT2D eigenvalue weighted by Crippen LogP contribution is -2.13. The summed E-state index contributed by atoms with van der Waals surface area (Å²) in [6, 6.07) is 11.9. The molecule has 0 aliphatic heterocycles. The number of carbonyl (C=O) groups excluding carboxylic acids is 1. The third-order valence-corrected chi connectivity index (χ3v) is 4.68. The zero-order chi connectivity index (χ0) is 20.8. The largest absolute Gasteiger partial charge is 0.493 e. The van der Waals surface area contributed by atoms with E-state index in [2.05, 4.69) is 10.3 Å². The van der Waals surface area contributed by atoms with E-state index in [4.69, 9.17) is 14.2 Å². The van der Waals surface area contributed by atoms with E-state index in [0.717, 1.165) is 34.1 Å². The van der Waals surface area contributed by atoms with Crippen molar-refractivity contribution in [1.29, 1.82) is 0 Å². The molecule has 3 aromatic rings. The van der Waals surface area contributed by atoms with Gasteiger partial charge >= 0.3 is 5.97 Å². The van der Waals surface area contributed by atoms with Gasteiger partial charge in [0.1, 0.15) is 5.56 Å². The topological polar surface area (TPSA) is 69.7 Å². The van der Waals surface area contributed by atoms with E-state index in [1.165, 1.54) is 0 Å². The van der Waals surface area contributed by atoms with E-state index in [9.17, 15) is 4.79 Å². The highest BCUT2D eigenvalue weighted by atomic mass is 16.5. The Morgan fingerprint density at radius 3 is 2.59 bits per heavy atom. The lowest BCUT2D eigenvalue weighted by atomic mass is 10.1. The molecule has 0 saturated heterocycles. The van der Waals surface area contributed by atoms with Crippen molar-refractivity contribution in [3.05, 3.63) is 59.3 Å². The molecule has 0 aliphatic carbocycles. The molecule has 0 fully saturated rings. The molecule has 1 N–H and O–H groups in total. The summed E-state index contributed by atoms with van der Waals surface area (Å²) in [7, 11) is 3.24. The molecule has 29 heavy (non-hydrogen) atoms. The van der Waals surface area contributed by atoms with Crippen LogP contribution in [0.5, 0.6) is 11.5 Å². The summed E-state index contributed by atoms with van der Waals surface area (Å²) in [5.41, 5.74) is 4.22. The SMILES string of the molecule is CCOC(=O)c1cnc2ccc(C)cc2c1NCCc1ccc(OC)c(OC)c1. The van der Waals surface area contributed by atoms with Crippen molar-refractivity contribution in [2.45, 2.75) is 20.3 Å². The lowest BCUT2D eigenvalue weighted by Gasteiger charge is -2.15. The van der Waals surface area contributed by atoms with E-state index in [1.807, 2.05) is 43.3 Å². The van der Waals surface area contributed by atoms with Crippen LogP contribution < -0.4 is 14.8 Å². The van der Waals surface area contributed by atoms with Gasteiger partial charge in [0, 0.05) is 18.1 Å². The van der Waals surface area contributed by atoms with Gasteiger partial charge in [-0.15, -0.1) is 0 Å². The summed E-state index contributed by atoms with van der Waals surface area (Å²) in [5, 5.41) is 4.33. The average molecular weight is 394 g/mol. The fourth-order valence-corrected chi connectivity index (χ4v) is 3.23. The molecule has 0 radical (unpaired) electrons. The first-order valence-corrected chi connectivity index (χ1v) is 9.58. The summed E-state index contributed by atoms with van der Waals surface area (Å²) < 4.78 is 15.9. The van der Waals surface area contributed by atoms with Crippen LogP contribution in [0, 0.1) is 6.92 Å².